The molecule has 0 radical (unpaired) electrons. The van der Waals surface area contributed by atoms with Crippen molar-refractivity contribution in [2.45, 2.75) is 6.54 Å². The maximum absolute atomic E-state index is 13.5. The molecule has 2 rings (SSSR count). The van der Waals surface area contributed by atoms with Gasteiger partial charge < -0.3 is 0 Å². The maximum Gasteiger partial charge on any atom is 0.240 e. The largest absolute Gasteiger partial charge is 0.299 e. The number of hydrogen-bond acceptors (Lipinski definition) is 5. The van der Waals surface area contributed by atoms with E-state index < -0.39 is 11.6 Å². The standard InChI is InChI=1S/C12H12F2N4OS/c1-18(5-8-2-3-9(13)4-10(8)14)6-11(19)16-12-17-15-7-20-12/h2-4,7H,5-6H2,1H3,(H,16,17,19). The Hall–Kier alpha value is -1.93. The van der Waals surface area contributed by atoms with Crippen molar-refractivity contribution in [1.29, 1.82) is 0 Å². The van der Waals surface area contributed by atoms with Gasteiger partial charge in [-0.1, -0.05) is 17.4 Å². The summed E-state index contributed by atoms with van der Waals surface area (Å²) < 4.78 is 26.2. The normalized spacial score (nSPS) is 10.8. The number of anilines is 1. The van der Waals surface area contributed by atoms with E-state index in [1.54, 1.807) is 11.9 Å². The van der Waals surface area contributed by atoms with Crippen molar-refractivity contribution < 1.29 is 13.6 Å². The number of nitrogens with zero attached hydrogens (tertiary/aromatic N) is 3. The van der Waals surface area contributed by atoms with Crippen LogP contribution in [0.3, 0.4) is 0 Å². The van der Waals surface area contributed by atoms with E-state index in [-0.39, 0.29) is 19.0 Å². The molecule has 2 aromatic rings. The number of amides is 1. The molecule has 106 valence electrons. The predicted octanol–water partition coefficient (Wildman–Crippen LogP) is 1.89. The summed E-state index contributed by atoms with van der Waals surface area (Å²) in [6.07, 6.45) is 0. The molecule has 0 unspecified atom stereocenters. The number of likely N-dealkylation sites (N-methyl/N-ethyl adjacent to an activating group) is 1. The fourth-order valence-corrected chi connectivity index (χ4v) is 2.09. The topological polar surface area (TPSA) is 58.1 Å². The molecule has 1 aromatic heterocycles. The second-order valence-electron chi connectivity index (χ2n) is 4.20. The van der Waals surface area contributed by atoms with Crippen molar-refractivity contribution in [1.82, 2.24) is 15.1 Å². The second kappa shape index (κ2) is 6.49. The highest BCUT2D eigenvalue weighted by atomic mass is 32.1. The summed E-state index contributed by atoms with van der Waals surface area (Å²) in [7, 11) is 1.67. The number of aromatic nitrogens is 2. The molecule has 0 atom stereocenters. The summed E-state index contributed by atoms with van der Waals surface area (Å²) in [6.45, 7) is 0.270. The van der Waals surface area contributed by atoms with Crippen LogP contribution in [0.5, 0.6) is 0 Å². The van der Waals surface area contributed by atoms with Crippen LogP contribution >= 0.6 is 11.3 Å². The molecule has 0 aliphatic heterocycles. The van der Waals surface area contributed by atoms with Crippen molar-refractivity contribution in [2.75, 3.05) is 18.9 Å². The first-order valence-corrected chi connectivity index (χ1v) is 6.61. The van der Waals surface area contributed by atoms with Crippen molar-refractivity contribution in [2.24, 2.45) is 0 Å². The second-order valence-corrected chi connectivity index (χ2v) is 5.03. The van der Waals surface area contributed by atoms with Gasteiger partial charge in [-0.3, -0.25) is 15.0 Å². The average molecular weight is 298 g/mol. The van der Waals surface area contributed by atoms with Crippen LogP contribution in [0.2, 0.25) is 0 Å². The zero-order valence-electron chi connectivity index (χ0n) is 10.6. The van der Waals surface area contributed by atoms with E-state index in [1.165, 1.54) is 29.0 Å². The van der Waals surface area contributed by atoms with E-state index in [1.807, 2.05) is 0 Å². The van der Waals surface area contributed by atoms with E-state index >= 15 is 0 Å². The molecule has 1 amide bonds. The SMILES string of the molecule is CN(CC(=O)Nc1nncs1)Cc1ccc(F)cc1F. The summed E-state index contributed by atoms with van der Waals surface area (Å²) in [5, 5.41) is 10.3. The average Bonchev–Trinajstić information content (AvgIpc) is 2.85. The van der Waals surface area contributed by atoms with Crippen molar-refractivity contribution >= 4 is 22.4 Å². The number of rotatable bonds is 5. The summed E-state index contributed by atoms with van der Waals surface area (Å²) in [5.41, 5.74) is 1.84. The van der Waals surface area contributed by atoms with Gasteiger partial charge in [0.1, 0.15) is 17.1 Å². The first-order chi connectivity index (χ1) is 9.54. The number of hydrogen-bond donors (Lipinski definition) is 1. The lowest BCUT2D eigenvalue weighted by molar-refractivity contribution is -0.117. The number of carbonyl (C=O) groups is 1. The van der Waals surface area contributed by atoms with Crippen LogP contribution in [0.15, 0.2) is 23.7 Å². The quantitative estimate of drug-likeness (QED) is 0.916. The first-order valence-electron chi connectivity index (χ1n) is 5.73. The Kier molecular flexibility index (Phi) is 4.70. The van der Waals surface area contributed by atoms with E-state index in [0.29, 0.717) is 10.7 Å². The highest BCUT2D eigenvalue weighted by molar-refractivity contribution is 7.13. The summed E-state index contributed by atoms with van der Waals surface area (Å²) in [5.74, 6) is -1.52. The van der Waals surface area contributed by atoms with Crippen LogP contribution in [0.25, 0.3) is 0 Å². The smallest absolute Gasteiger partial charge is 0.240 e. The van der Waals surface area contributed by atoms with E-state index in [0.717, 1.165) is 6.07 Å². The monoisotopic (exact) mass is 298 g/mol. The van der Waals surface area contributed by atoms with E-state index in [2.05, 4.69) is 15.5 Å². The molecule has 0 fully saturated rings. The summed E-state index contributed by atoms with van der Waals surface area (Å²) in [4.78, 5) is 13.3. The predicted molar refractivity (Wildman–Crippen MR) is 71.2 cm³/mol. The molecular formula is C12H12F2N4OS. The molecule has 20 heavy (non-hydrogen) atoms. The lowest BCUT2D eigenvalue weighted by atomic mass is 10.2. The summed E-state index contributed by atoms with van der Waals surface area (Å²) in [6, 6.07) is 3.38. The molecule has 0 spiro atoms. The third kappa shape index (κ3) is 4.04. The zero-order chi connectivity index (χ0) is 14.5. The van der Waals surface area contributed by atoms with Gasteiger partial charge >= 0.3 is 0 Å². The van der Waals surface area contributed by atoms with Gasteiger partial charge in [-0.2, -0.15) is 0 Å². The highest BCUT2D eigenvalue weighted by Gasteiger charge is 2.11. The van der Waals surface area contributed by atoms with Crippen LogP contribution in [-0.4, -0.2) is 34.6 Å². The Morgan fingerprint density at radius 2 is 2.25 bits per heavy atom. The number of halogens is 2. The van der Waals surface area contributed by atoms with Gasteiger partial charge in [-0.25, -0.2) is 8.78 Å². The maximum atomic E-state index is 13.5. The first kappa shape index (κ1) is 14.5. The fraction of sp³-hybridized carbons (Fsp3) is 0.250. The van der Waals surface area contributed by atoms with E-state index in [4.69, 9.17) is 0 Å². The Morgan fingerprint density at radius 1 is 1.45 bits per heavy atom. The van der Waals surface area contributed by atoms with Crippen molar-refractivity contribution in [3.05, 3.63) is 40.9 Å². The molecule has 0 saturated heterocycles. The van der Waals surface area contributed by atoms with E-state index in [9.17, 15) is 13.6 Å². The molecular weight excluding hydrogens is 286 g/mol. The van der Waals surface area contributed by atoms with Crippen LogP contribution < -0.4 is 5.32 Å². The van der Waals surface area contributed by atoms with Crippen molar-refractivity contribution in [3.63, 3.8) is 0 Å². The van der Waals surface area contributed by atoms with Crippen LogP contribution in [0.1, 0.15) is 5.56 Å². The van der Waals surface area contributed by atoms with Gasteiger partial charge in [0, 0.05) is 18.2 Å². The zero-order valence-corrected chi connectivity index (χ0v) is 11.5. The minimum atomic E-state index is -0.624. The van der Waals surface area contributed by atoms with Gasteiger partial charge in [0.2, 0.25) is 11.0 Å². The number of nitrogens with one attached hydrogen (secondary N) is 1. The molecule has 0 aliphatic carbocycles. The third-order valence-corrected chi connectivity index (χ3v) is 3.08. The number of carbonyl (C=O) groups excluding carboxylic acids is 1. The summed E-state index contributed by atoms with van der Waals surface area (Å²) >= 11 is 1.21. The van der Waals surface area contributed by atoms with Gasteiger partial charge in [0.25, 0.3) is 0 Å². The van der Waals surface area contributed by atoms with Crippen LogP contribution in [-0.2, 0) is 11.3 Å². The van der Waals surface area contributed by atoms with Gasteiger partial charge in [-0.05, 0) is 13.1 Å². The minimum absolute atomic E-state index is 0.0659. The lowest BCUT2D eigenvalue weighted by Crippen LogP contribution is -2.30. The Morgan fingerprint density at radius 3 is 2.90 bits per heavy atom. The molecule has 5 nitrogen and oxygen atoms in total. The van der Waals surface area contributed by atoms with Gasteiger partial charge in [-0.15, -0.1) is 10.2 Å². The Bertz CT molecular complexity index is 591. The molecule has 1 heterocycles. The third-order valence-electron chi connectivity index (χ3n) is 2.48. The minimum Gasteiger partial charge on any atom is -0.299 e. The Balaban J connectivity index is 1.88. The fourth-order valence-electron chi connectivity index (χ4n) is 1.63. The highest BCUT2D eigenvalue weighted by Crippen LogP contribution is 2.12. The molecule has 8 heteroatoms. The molecule has 0 bridgehead atoms. The Labute approximate surface area is 118 Å². The van der Waals surface area contributed by atoms with Gasteiger partial charge in [0.15, 0.2) is 0 Å². The van der Waals surface area contributed by atoms with Crippen LogP contribution in [0.4, 0.5) is 13.9 Å². The number of benzene rings is 1. The van der Waals surface area contributed by atoms with Crippen molar-refractivity contribution in [3.8, 4) is 0 Å². The molecule has 1 N–H and O–H groups in total. The molecule has 0 saturated carbocycles. The lowest BCUT2D eigenvalue weighted by Gasteiger charge is -2.16. The van der Waals surface area contributed by atoms with Crippen LogP contribution in [0, 0.1) is 11.6 Å². The van der Waals surface area contributed by atoms with Gasteiger partial charge in [0.05, 0.1) is 6.54 Å². The molecule has 1 aromatic carbocycles. The molecule has 0 aliphatic rings.